The number of aliphatic carboxylic acids is 1. The molecule has 156 valence electrons. The molecule has 0 atom stereocenters. The first-order chi connectivity index (χ1) is 14.9. The number of anilines is 1. The van der Waals surface area contributed by atoms with E-state index >= 15 is 0 Å². The molecule has 0 fully saturated rings. The van der Waals surface area contributed by atoms with E-state index in [1.54, 1.807) is 23.9 Å². The third kappa shape index (κ3) is 4.49. The number of hydrazone groups is 1. The Bertz CT molecular complexity index is 1210. The van der Waals surface area contributed by atoms with Gasteiger partial charge in [0.05, 0.1) is 35.6 Å². The Morgan fingerprint density at radius 2 is 1.94 bits per heavy atom. The molecule has 0 radical (unpaired) electrons. The van der Waals surface area contributed by atoms with Crippen LogP contribution in [0.1, 0.15) is 18.9 Å². The van der Waals surface area contributed by atoms with Crippen molar-refractivity contribution in [3.05, 3.63) is 76.4 Å². The molecule has 3 aromatic rings. The highest BCUT2D eigenvalue weighted by molar-refractivity contribution is 9.10. The van der Waals surface area contributed by atoms with Crippen molar-refractivity contribution >= 4 is 45.3 Å². The maximum Gasteiger partial charge on any atom is 0.305 e. The van der Waals surface area contributed by atoms with Gasteiger partial charge in [-0.1, -0.05) is 46.3 Å². The fraction of sp³-hybridized carbons (Fsp3) is 0.130. The highest BCUT2D eigenvalue weighted by Crippen LogP contribution is 2.29. The van der Waals surface area contributed by atoms with Gasteiger partial charge in [-0.3, -0.25) is 14.3 Å². The SMILES string of the molecule is CC1=NN(c2ccccc2)C(=O)C1=Cc1cn(CCC(=O)O)nc1-c1cccc(Br)c1. The highest BCUT2D eigenvalue weighted by atomic mass is 79.9. The maximum atomic E-state index is 13.1. The molecular weight excluding hydrogens is 460 g/mol. The van der Waals surface area contributed by atoms with Crippen LogP contribution in [0.3, 0.4) is 0 Å². The topological polar surface area (TPSA) is 87.8 Å². The Balaban J connectivity index is 1.74. The second-order valence-corrected chi connectivity index (χ2v) is 7.96. The summed E-state index contributed by atoms with van der Waals surface area (Å²) in [6, 6.07) is 16.9. The lowest BCUT2D eigenvalue weighted by atomic mass is 10.0. The van der Waals surface area contributed by atoms with Crippen molar-refractivity contribution in [3.8, 4) is 11.3 Å². The summed E-state index contributed by atoms with van der Waals surface area (Å²) in [5.74, 6) is -1.12. The zero-order chi connectivity index (χ0) is 22.0. The molecule has 8 heteroatoms. The number of carbonyl (C=O) groups excluding carboxylic acids is 1. The van der Waals surface area contributed by atoms with Crippen LogP contribution in [-0.4, -0.2) is 32.5 Å². The molecular formula is C23H19BrN4O3. The van der Waals surface area contributed by atoms with Crippen molar-refractivity contribution in [1.82, 2.24) is 9.78 Å². The molecule has 7 nitrogen and oxygen atoms in total. The third-order valence-corrected chi connectivity index (χ3v) is 5.30. The summed E-state index contributed by atoms with van der Waals surface area (Å²) >= 11 is 3.47. The predicted molar refractivity (Wildman–Crippen MR) is 123 cm³/mol. The van der Waals surface area contributed by atoms with Gasteiger partial charge in [0.2, 0.25) is 0 Å². The van der Waals surface area contributed by atoms with Crippen LogP contribution < -0.4 is 5.01 Å². The molecule has 1 aromatic heterocycles. The first kappa shape index (κ1) is 20.7. The fourth-order valence-corrected chi connectivity index (χ4v) is 3.71. The molecule has 1 aliphatic heterocycles. The van der Waals surface area contributed by atoms with Crippen molar-refractivity contribution in [3.63, 3.8) is 0 Å². The van der Waals surface area contributed by atoms with Gasteiger partial charge in [-0.15, -0.1) is 0 Å². The third-order valence-electron chi connectivity index (χ3n) is 4.81. The lowest BCUT2D eigenvalue weighted by molar-refractivity contribution is -0.137. The van der Waals surface area contributed by atoms with E-state index in [4.69, 9.17) is 5.11 Å². The summed E-state index contributed by atoms with van der Waals surface area (Å²) in [7, 11) is 0. The zero-order valence-corrected chi connectivity index (χ0v) is 18.3. The summed E-state index contributed by atoms with van der Waals surface area (Å²) in [5, 5.41) is 19.4. The van der Waals surface area contributed by atoms with Crippen LogP contribution in [0.5, 0.6) is 0 Å². The molecule has 4 rings (SSSR count). The Hall–Kier alpha value is -3.52. The summed E-state index contributed by atoms with van der Waals surface area (Å²) < 4.78 is 2.49. The molecule has 1 aliphatic rings. The molecule has 0 unspecified atom stereocenters. The largest absolute Gasteiger partial charge is 0.481 e. The van der Waals surface area contributed by atoms with Crippen molar-refractivity contribution in [1.29, 1.82) is 0 Å². The van der Waals surface area contributed by atoms with Crippen LogP contribution in [-0.2, 0) is 16.1 Å². The molecule has 0 saturated heterocycles. The molecule has 1 N–H and O–H groups in total. The Labute approximate surface area is 187 Å². The average Bonchev–Trinajstić information content (AvgIpc) is 3.29. The molecule has 0 saturated carbocycles. The maximum absolute atomic E-state index is 13.1. The van der Waals surface area contributed by atoms with Gasteiger partial charge < -0.3 is 5.11 Å². The van der Waals surface area contributed by atoms with Gasteiger partial charge in [0.15, 0.2) is 0 Å². The normalized spacial score (nSPS) is 14.9. The summed E-state index contributed by atoms with van der Waals surface area (Å²) in [6.45, 7) is 2.02. The molecule has 0 bridgehead atoms. The summed E-state index contributed by atoms with van der Waals surface area (Å²) in [4.78, 5) is 24.1. The van der Waals surface area contributed by atoms with E-state index in [0.29, 0.717) is 22.7 Å². The van der Waals surface area contributed by atoms with Crippen LogP contribution in [0, 0.1) is 0 Å². The summed E-state index contributed by atoms with van der Waals surface area (Å²) in [6.07, 6.45) is 3.49. The van der Waals surface area contributed by atoms with Crippen molar-refractivity contribution in [2.45, 2.75) is 19.9 Å². The zero-order valence-electron chi connectivity index (χ0n) is 16.7. The number of aromatic nitrogens is 2. The molecule has 2 heterocycles. The van der Waals surface area contributed by atoms with Crippen LogP contribution in [0.25, 0.3) is 17.3 Å². The van der Waals surface area contributed by atoms with Gasteiger partial charge in [-0.25, -0.2) is 0 Å². The van der Waals surface area contributed by atoms with Gasteiger partial charge in [0.25, 0.3) is 5.91 Å². The number of carboxylic acids is 1. The van der Waals surface area contributed by atoms with Crippen LogP contribution in [0.2, 0.25) is 0 Å². The minimum Gasteiger partial charge on any atom is -0.481 e. The number of amides is 1. The van der Waals surface area contributed by atoms with Crippen molar-refractivity contribution in [2.75, 3.05) is 5.01 Å². The van der Waals surface area contributed by atoms with E-state index in [2.05, 4.69) is 26.1 Å². The Kier molecular flexibility index (Phi) is 5.81. The van der Waals surface area contributed by atoms with Gasteiger partial charge in [-0.05, 0) is 37.3 Å². The quantitative estimate of drug-likeness (QED) is 0.524. The number of carboxylic acid groups (broad SMARTS) is 1. The number of benzene rings is 2. The predicted octanol–water partition coefficient (Wildman–Crippen LogP) is 4.59. The second kappa shape index (κ2) is 8.69. The fourth-order valence-electron chi connectivity index (χ4n) is 3.31. The van der Waals surface area contributed by atoms with E-state index in [9.17, 15) is 9.59 Å². The van der Waals surface area contributed by atoms with Crippen LogP contribution in [0.4, 0.5) is 5.69 Å². The number of rotatable bonds is 6. The second-order valence-electron chi connectivity index (χ2n) is 7.05. The Morgan fingerprint density at radius 1 is 1.16 bits per heavy atom. The van der Waals surface area contributed by atoms with Crippen LogP contribution in [0.15, 0.2) is 75.9 Å². The van der Waals surface area contributed by atoms with E-state index < -0.39 is 5.97 Å². The number of carbonyl (C=O) groups is 2. The minimum atomic E-state index is -0.896. The van der Waals surface area contributed by atoms with Gasteiger partial charge in [-0.2, -0.15) is 15.2 Å². The first-order valence-electron chi connectivity index (χ1n) is 9.64. The lowest BCUT2D eigenvalue weighted by Gasteiger charge is -2.11. The first-order valence-corrected chi connectivity index (χ1v) is 10.4. The molecule has 0 aliphatic carbocycles. The molecule has 31 heavy (non-hydrogen) atoms. The molecule has 1 amide bonds. The minimum absolute atomic E-state index is 0.0448. The molecule has 0 spiro atoms. The monoisotopic (exact) mass is 478 g/mol. The summed E-state index contributed by atoms with van der Waals surface area (Å²) in [5.41, 5.74) is 4.01. The molecule has 2 aromatic carbocycles. The van der Waals surface area contributed by atoms with Crippen molar-refractivity contribution in [2.24, 2.45) is 5.10 Å². The smallest absolute Gasteiger partial charge is 0.305 e. The number of aryl methyl sites for hydroxylation is 1. The number of hydrogen-bond acceptors (Lipinski definition) is 4. The van der Waals surface area contributed by atoms with E-state index in [-0.39, 0.29) is 18.9 Å². The average molecular weight is 479 g/mol. The lowest BCUT2D eigenvalue weighted by Crippen LogP contribution is -2.21. The number of hydrogen-bond donors (Lipinski definition) is 1. The van der Waals surface area contributed by atoms with Crippen LogP contribution >= 0.6 is 15.9 Å². The number of halogens is 1. The van der Waals surface area contributed by atoms with E-state index in [0.717, 1.165) is 15.6 Å². The number of nitrogens with zero attached hydrogens (tertiary/aromatic N) is 4. The number of para-hydroxylation sites is 1. The highest BCUT2D eigenvalue weighted by Gasteiger charge is 2.29. The van der Waals surface area contributed by atoms with Gasteiger partial charge in [0.1, 0.15) is 0 Å². The Morgan fingerprint density at radius 3 is 2.65 bits per heavy atom. The van der Waals surface area contributed by atoms with E-state index in [1.165, 1.54) is 5.01 Å². The van der Waals surface area contributed by atoms with Gasteiger partial charge in [0, 0.05) is 21.8 Å². The van der Waals surface area contributed by atoms with E-state index in [1.807, 2.05) is 54.6 Å². The van der Waals surface area contributed by atoms with Crippen molar-refractivity contribution < 1.29 is 14.7 Å². The van der Waals surface area contributed by atoms with Gasteiger partial charge >= 0.3 is 5.97 Å². The standard InChI is InChI=1S/C23H19BrN4O3/c1-15-20(23(31)28(25-15)19-8-3-2-4-9-19)13-17-14-27(11-10-21(29)30)26-22(17)16-6-5-7-18(24)12-16/h2-9,12-14H,10-11H2,1H3,(H,29,30).